The predicted molar refractivity (Wildman–Crippen MR) is 64.5 cm³/mol. The number of rotatable bonds is 6. The summed E-state index contributed by atoms with van der Waals surface area (Å²) in [5.41, 5.74) is 4.44. The molecule has 0 aliphatic heterocycles. The van der Waals surface area contributed by atoms with Gasteiger partial charge in [0.15, 0.2) is 0 Å². The predicted octanol–water partition coefficient (Wildman–Crippen LogP) is 1.88. The third-order valence-electron chi connectivity index (χ3n) is 2.33. The van der Waals surface area contributed by atoms with Gasteiger partial charge in [-0.15, -0.1) is 0 Å². The highest BCUT2D eigenvalue weighted by Crippen LogP contribution is 2.34. The number of nitrogens with two attached hydrogens (primary N) is 1. The van der Waals surface area contributed by atoms with Crippen LogP contribution in [0.4, 0.5) is 20.2 Å². The number of carbonyl (C=O) groups is 1. The van der Waals surface area contributed by atoms with Crippen molar-refractivity contribution in [2.24, 2.45) is 0 Å². The van der Waals surface area contributed by atoms with E-state index in [1.807, 2.05) is 0 Å². The van der Waals surface area contributed by atoms with Crippen molar-refractivity contribution >= 4 is 17.3 Å². The fourth-order valence-corrected chi connectivity index (χ4v) is 1.54. The second-order valence-corrected chi connectivity index (χ2v) is 3.59. The molecule has 20 heavy (non-hydrogen) atoms. The number of ether oxygens (including phenoxy) is 2. The Morgan fingerprint density at radius 1 is 1.50 bits per heavy atom. The molecule has 1 aromatic carbocycles. The van der Waals surface area contributed by atoms with E-state index in [1.165, 1.54) is 0 Å². The SMILES string of the molecule is CCOC(=O)Cc1c(OC(F)F)ccc([N+](=O)[O-])c1N. The highest BCUT2D eigenvalue weighted by Gasteiger charge is 2.23. The lowest BCUT2D eigenvalue weighted by atomic mass is 10.1. The van der Waals surface area contributed by atoms with Crippen molar-refractivity contribution < 1.29 is 28.0 Å². The van der Waals surface area contributed by atoms with Crippen LogP contribution in [0.15, 0.2) is 12.1 Å². The van der Waals surface area contributed by atoms with Gasteiger partial charge in [0.05, 0.1) is 18.0 Å². The van der Waals surface area contributed by atoms with E-state index in [4.69, 9.17) is 5.73 Å². The Morgan fingerprint density at radius 2 is 2.15 bits per heavy atom. The Kier molecular flexibility index (Phi) is 5.18. The molecule has 0 aliphatic carbocycles. The third kappa shape index (κ3) is 3.77. The average molecular weight is 290 g/mol. The molecule has 2 N–H and O–H groups in total. The van der Waals surface area contributed by atoms with Crippen LogP contribution in [0.2, 0.25) is 0 Å². The first-order chi connectivity index (χ1) is 9.36. The summed E-state index contributed by atoms with van der Waals surface area (Å²) < 4.78 is 33.4. The average Bonchev–Trinajstić information content (AvgIpc) is 2.33. The lowest BCUT2D eigenvalue weighted by Gasteiger charge is -2.12. The van der Waals surface area contributed by atoms with Gasteiger partial charge in [-0.05, 0) is 13.0 Å². The number of hydrogen-bond donors (Lipinski definition) is 1. The van der Waals surface area contributed by atoms with Crippen LogP contribution in [0, 0.1) is 10.1 Å². The fraction of sp³-hybridized carbons (Fsp3) is 0.364. The zero-order chi connectivity index (χ0) is 15.3. The number of benzene rings is 1. The van der Waals surface area contributed by atoms with E-state index in [0.717, 1.165) is 12.1 Å². The first kappa shape index (κ1) is 15.6. The summed E-state index contributed by atoms with van der Waals surface area (Å²) in [6, 6.07) is 1.90. The fourth-order valence-electron chi connectivity index (χ4n) is 1.54. The van der Waals surface area contributed by atoms with Crippen molar-refractivity contribution in [1.29, 1.82) is 0 Å². The number of esters is 1. The van der Waals surface area contributed by atoms with E-state index < -0.39 is 41.0 Å². The Labute approximate surface area is 112 Å². The first-order valence-corrected chi connectivity index (χ1v) is 5.53. The molecule has 0 unspecified atom stereocenters. The van der Waals surface area contributed by atoms with Crippen molar-refractivity contribution in [3.63, 3.8) is 0 Å². The van der Waals surface area contributed by atoms with Gasteiger partial charge >= 0.3 is 12.6 Å². The van der Waals surface area contributed by atoms with Gasteiger partial charge in [-0.3, -0.25) is 14.9 Å². The van der Waals surface area contributed by atoms with Crippen molar-refractivity contribution in [1.82, 2.24) is 0 Å². The molecule has 1 rings (SSSR count). The second-order valence-electron chi connectivity index (χ2n) is 3.59. The number of nitrogen functional groups attached to an aromatic ring is 1. The minimum absolute atomic E-state index is 0.0820. The topological polar surface area (TPSA) is 105 Å². The molecular formula is C11H12F2N2O5. The first-order valence-electron chi connectivity index (χ1n) is 5.53. The number of anilines is 1. The molecule has 7 nitrogen and oxygen atoms in total. The maximum atomic E-state index is 12.3. The van der Waals surface area contributed by atoms with Gasteiger partial charge in [-0.25, -0.2) is 0 Å². The van der Waals surface area contributed by atoms with Gasteiger partial charge in [-0.1, -0.05) is 0 Å². The number of nitro benzene ring substituents is 1. The molecule has 1 aromatic rings. The molecule has 0 spiro atoms. The maximum absolute atomic E-state index is 12.3. The Morgan fingerprint density at radius 3 is 2.65 bits per heavy atom. The number of hydrogen-bond acceptors (Lipinski definition) is 6. The van der Waals surface area contributed by atoms with E-state index in [-0.39, 0.29) is 12.2 Å². The van der Waals surface area contributed by atoms with Crippen LogP contribution in [0.25, 0.3) is 0 Å². The van der Waals surface area contributed by atoms with Crippen LogP contribution in [-0.4, -0.2) is 24.1 Å². The smallest absolute Gasteiger partial charge is 0.387 e. The molecule has 0 bridgehead atoms. The molecule has 0 aromatic heterocycles. The van der Waals surface area contributed by atoms with E-state index in [0.29, 0.717) is 0 Å². The van der Waals surface area contributed by atoms with Crippen molar-refractivity contribution in [2.45, 2.75) is 20.0 Å². The van der Waals surface area contributed by atoms with Gasteiger partial charge in [0.1, 0.15) is 11.4 Å². The summed E-state index contributed by atoms with van der Waals surface area (Å²) >= 11 is 0. The van der Waals surface area contributed by atoms with Crippen LogP contribution >= 0.6 is 0 Å². The molecule has 0 saturated heterocycles. The molecule has 0 atom stereocenters. The molecule has 0 radical (unpaired) electrons. The zero-order valence-corrected chi connectivity index (χ0v) is 10.5. The third-order valence-corrected chi connectivity index (χ3v) is 2.33. The standard InChI is InChI=1S/C11H12F2N2O5/c1-2-19-9(16)5-6-8(20-11(12)13)4-3-7(10(6)14)15(17)18/h3-4,11H,2,5,14H2,1H3. The highest BCUT2D eigenvalue weighted by atomic mass is 19.3. The molecule has 0 amide bonds. The van der Waals surface area contributed by atoms with Crippen molar-refractivity contribution in [3.05, 3.63) is 27.8 Å². The molecule has 9 heteroatoms. The summed E-state index contributed by atoms with van der Waals surface area (Å²) in [5, 5.41) is 10.7. The highest BCUT2D eigenvalue weighted by molar-refractivity contribution is 5.79. The van der Waals surface area contributed by atoms with Crippen LogP contribution in [-0.2, 0) is 16.0 Å². The lowest BCUT2D eigenvalue weighted by Crippen LogP contribution is -2.13. The molecule has 0 aliphatic rings. The molecule has 0 saturated carbocycles. The lowest BCUT2D eigenvalue weighted by molar-refractivity contribution is -0.384. The Hall–Kier alpha value is -2.45. The molecule has 0 fully saturated rings. The van der Waals surface area contributed by atoms with Gasteiger partial charge in [-0.2, -0.15) is 8.78 Å². The molecular weight excluding hydrogens is 278 g/mol. The largest absolute Gasteiger partial charge is 0.466 e. The van der Waals surface area contributed by atoms with Gasteiger partial charge < -0.3 is 15.2 Å². The molecule has 0 heterocycles. The van der Waals surface area contributed by atoms with E-state index in [1.54, 1.807) is 6.92 Å². The minimum atomic E-state index is -3.14. The molecule has 110 valence electrons. The van der Waals surface area contributed by atoms with Gasteiger partial charge in [0.25, 0.3) is 5.69 Å². The zero-order valence-electron chi connectivity index (χ0n) is 10.5. The normalized spacial score (nSPS) is 10.4. The number of alkyl halides is 2. The monoisotopic (exact) mass is 290 g/mol. The van der Waals surface area contributed by atoms with E-state index >= 15 is 0 Å². The Bertz CT molecular complexity index is 522. The minimum Gasteiger partial charge on any atom is -0.466 e. The Balaban J connectivity index is 3.21. The van der Waals surface area contributed by atoms with Crippen LogP contribution in [0.3, 0.4) is 0 Å². The van der Waals surface area contributed by atoms with Crippen molar-refractivity contribution in [3.8, 4) is 5.75 Å². The van der Waals surface area contributed by atoms with Gasteiger partial charge in [0, 0.05) is 11.6 Å². The summed E-state index contributed by atoms with van der Waals surface area (Å²) in [5.74, 6) is -1.14. The summed E-state index contributed by atoms with van der Waals surface area (Å²) in [4.78, 5) is 21.4. The van der Waals surface area contributed by atoms with Crippen LogP contribution in [0.5, 0.6) is 5.75 Å². The summed E-state index contributed by atoms with van der Waals surface area (Å²) in [7, 11) is 0. The second kappa shape index (κ2) is 6.64. The summed E-state index contributed by atoms with van der Waals surface area (Å²) in [6.45, 7) is -1.50. The van der Waals surface area contributed by atoms with Gasteiger partial charge in [0.2, 0.25) is 0 Å². The van der Waals surface area contributed by atoms with E-state index in [2.05, 4.69) is 9.47 Å². The quantitative estimate of drug-likeness (QED) is 0.371. The summed E-state index contributed by atoms with van der Waals surface area (Å²) in [6.07, 6.45) is -0.497. The van der Waals surface area contributed by atoms with Crippen molar-refractivity contribution in [2.75, 3.05) is 12.3 Å². The number of carbonyl (C=O) groups excluding carboxylic acids is 1. The number of halogens is 2. The maximum Gasteiger partial charge on any atom is 0.387 e. The number of nitro groups is 1. The van der Waals surface area contributed by atoms with Crippen LogP contribution in [0.1, 0.15) is 12.5 Å². The van der Waals surface area contributed by atoms with Crippen LogP contribution < -0.4 is 10.5 Å². The number of nitrogens with zero attached hydrogens (tertiary/aromatic N) is 1. The van der Waals surface area contributed by atoms with E-state index in [9.17, 15) is 23.7 Å².